The maximum atomic E-state index is 12.9. The van der Waals surface area contributed by atoms with Gasteiger partial charge in [-0.1, -0.05) is 0 Å². The van der Waals surface area contributed by atoms with Crippen molar-refractivity contribution in [1.82, 2.24) is 16.2 Å². The third kappa shape index (κ3) is 2.34. The second-order valence-electron chi connectivity index (χ2n) is 3.51. The number of hydrogen-bond donors (Lipinski definition) is 3. The molecule has 0 spiro atoms. The van der Waals surface area contributed by atoms with Gasteiger partial charge in [0, 0.05) is 12.1 Å². The van der Waals surface area contributed by atoms with Gasteiger partial charge in [0.1, 0.15) is 0 Å². The zero-order chi connectivity index (χ0) is 11.5. The number of carbonyl (C=O) groups excluding carboxylic acids is 1. The fourth-order valence-electron chi connectivity index (χ4n) is 1.47. The summed E-state index contributed by atoms with van der Waals surface area (Å²) in [5.74, 6) is -2.41. The lowest BCUT2D eigenvalue weighted by Gasteiger charge is -2.11. The van der Waals surface area contributed by atoms with Gasteiger partial charge in [0.2, 0.25) is 0 Å². The number of hydrogen-bond acceptors (Lipinski definition) is 3. The van der Waals surface area contributed by atoms with Gasteiger partial charge in [0.15, 0.2) is 11.6 Å². The molecule has 0 bridgehead atoms. The van der Waals surface area contributed by atoms with Crippen LogP contribution in [0.2, 0.25) is 0 Å². The molecule has 1 saturated heterocycles. The molecule has 1 aliphatic heterocycles. The Bertz CT molecular complexity index is 405. The molecular weight excluding hydrogens is 216 g/mol. The first kappa shape index (κ1) is 11.0. The van der Waals surface area contributed by atoms with E-state index in [9.17, 15) is 13.6 Å². The summed E-state index contributed by atoms with van der Waals surface area (Å²) in [5, 5.41) is 2.64. The molecule has 6 heteroatoms. The van der Waals surface area contributed by atoms with Gasteiger partial charge in [0.05, 0.1) is 6.17 Å². The summed E-state index contributed by atoms with van der Waals surface area (Å²) in [4.78, 5) is 11.6. The van der Waals surface area contributed by atoms with E-state index in [1.807, 2.05) is 0 Å². The summed E-state index contributed by atoms with van der Waals surface area (Å²) in [7, 11) is 0. The molecule has 1 heterocycles. The molecule has 3 N–H and O–H groups in total. The highest BCUT2D eigenvalue weighted by Gasteiger charge is 2.17. The van der Waals surface area contributed by atoms with Crippen LogP contribution in [0, 0.1) is 11.6 Å². The van der Waals surface area contributed by atoms with Crippen molar-refractivity contribution < 1.29 is 13.6 Å². The van der Waals surface area contributed by atoms with E-state index in [0.29, 0.717) is 0 Å². The maximum absolute atomic E-state index is 12.9. The third-order valence-corrected chi connectivity index (χ3v) is 2.32. The van der Waals surface area contributed by atoms with E-state index >= 15 is 0 Å². The fraction of sp³-hybridized carbons (Fsp3) is 0.300. The largest absolute Gasteiger partial charge is 0.335 e. The van der Waals surface area contributed by atoms with Gasteiger partial charge in [-0.2, -0.15) is 0 Å². The number of benzene rings is 1. The van der Waals surface area contributed by atoms with Crippen molar-refractivity contribution in [2.45, 2.75) is 12.6 Å². The van der Waals surface area contributed by atoms with E-state index in [0.717, 1.165) is 25.1 Å². The van der Waals surface area contributed by atoms with Gasteiger partial charge in [0.25, 0.3) is 5.91 Å². The van der Waals surface area contributed by atoms with Crippen molar-refractivity contribution in [3.8, 4) is 0 Å². The van der Waals surface area contributed by atoms with Crippen molar-refractivity contribution in [3.05, 3.63) is 35.4 Å². The molecule has 1 aliphatic rings. The van der Waals surface area contributed by atoms with Gasteiger partial charge in [-0.05, 0) is 24.6 Å². The predicted molar refractivity (Wildman–Crippen MR) is 53.4 cm³/mol. The van der Waals surface area contributed by atoms with Crippen LogP contribution in [-0.2, 0) is 0 Å². The summed E-state index contributed by atoms with van der Waals surface area (Å²) in [5.41, 5.74) is 5.79. The minimum absolute atomic E-state index is 0.104. The maximum Gasteiger partial charge on any atom is 0.252 e. The van der Waals surface area contributed by atoms with Crippen LogP contribution in [-0.4, -0.2) is 18.6 Å². The van der Waals surface area contributed by atoms with Crippen LogP contribution in [0.4, 0.5) is 8.78 Å². The van der Waals surface area contributed by atoms with E-state index in [-0.39, 0.29) is 11.7 Å². The highest BCUT2D eigenvalue weighted by atomic mass is 19.2. The third-order valence-electron chi connectivity index (χ3n) is 2.32. The van der Waals surface area contributed by atoms with Crippen molar-refractivity contribution in [2.24, 2.45) is 0 Å². The summed E-state index contributed by atoms with van der Waals surface area (Å²) >= 11 is 0. The van der Waals surface area contributed by atoms with Crippen LogP contribution >= 0.6 is 0 Å². The number of amides is 1. The fourth-order valence-corrected chi connectivity index (χ4v) is 1.47. The van der Waals surface area contributed by atoms with E-state index in [2.05, 4.69) is 16.2 Å². The molecule has 0 aliphatic carbocycles. The predicted octanol–water partition coefficient (Wildman–Crippen LogP) is 0.519. The van der Waals surface area contributed by atoms with Crippen LogP contribution in [0.5, 0.6) is 0 Å². The van der Waals surface area contributed by atoms with Crippen molar-refractivity contribution in [1.29, 1.82) is 0 Å². The van der Waals surface area contributed by atoms with E-state index in [1.54, 1.807) is 0 Å². The zero-order valence-electron chi connectivity index (χ0n) is 8.39. The molecule has 0 radical (unpaired) electrons. The molecule has 16 heavy (non-hydrogen) atoms. The molecule has 1 unspecified atom stereocenters. The molecule has 1 aromatic rings. The van der Waals surface area contributed by atoms with E-state index < -0.39 is 17.5 Å². The second-order valence-corrected chi connectivity index (χ2v) is 3.51. The van der Waals surface area contributed by atoms with Gasteiger partial charge in [-0.3, -0.25) is 10.2 Å². The van der Waals surface area contributed by atoms with Crippen molar-refractivity contribution in [2.75, 3.05) is 6.54 Å². The highest BCUT2D eigenvalue weighted by Crippen LogP contribution is 2.08. The SMILES string of the molecule is O=C(NC1CCNN1)c1ccc(F)c(F)c1. The standard InChI is InChI=1S/C10H11F2N3O/c11-7-2-1-6(5-8(7)12)10(16)14-9-3-4-13-15-9/h1-2,5,9,13,15H,3-4H2,(H,14,16). The first-order valence-corrected chi connectivity index (χ1v) is 4.91. The molecule has 0 aromatic heterocycles. The van der Waals surface area contributed by atoms with E-state index in [1.165, 1.54) is 6.07 Å². The smallest absolute Gasteiger partial charge is 0.252 e. The summed E-state index contributed by atoms with van der Waals surface area (Å²) < 4.78 is 25.5. The quantitative estimate of drug-likeness (QED) is 0.690. The van der Waals surface area contributed by atoms with Crippen molar-refractivity contribution >= 4 is 5.91 Å². The lowest BCUT2D eigenvalue weighted by atomic mass is 10.2. The normalized spacial score (nSPS) is 19.8. The topological polar surface area (TPSA) is 53.2 Å². The minimum Gasteiger partial charge on any atom is -0.335 e. The minimum atomic E-state index is -1.02. The molecular formula is C10H11F2N3O. The number of halogens is 2. The van der Waals surface area contributed by atoms with Gasteiger partial charge >= 0.3 is 0 Å². The molecule has 2 rings (SSSR count). The lowest BCUT2D eigenvalue weighted by Crippen LogP contribution is -2.44. The van der Waals surface area contributed by atoms with Crippen LogP contribution < -0.4 is 16.2 Å². The Morgan fingerprint density at radius 1 is 1.38 bits per heavy atom. The van der Waals surface area contributed by atoms with Crippen LogP contribution in [0.1, 0.15) is 16.8 Å². The van der Waals surface area contributed by atoms with Crippen LogP contribution in [0.3, 0.4) is 0 Å². The molecule has 1 aromatic carbocycles. The molecule has 1 atom stereocenters. The second kappa shape index (κ2) is 4.54. The van der Waals surface area contributed by atoms with Crippen molar-refractivity contribution in [3.63, 3.8) is 0 Å². The highest BCUT2D eigenvalue weighted by molar-refractivity contribution is 5.94. The van der Waals surface area contributed by atoms with Gasteiger partial charge in [-0.15, -0.1) is 0 Å². The lowest BCUT2D eigenvalue weighted by molar-refractivity contribution is 0.0932. The zero-order valence-corrected chi connectivity index (χ0v) is 8.39. The molecule has 86 valence electrons. The van der Waals surface area contributed by atoms with E-state index in [4.69, 9.17) is 0 Å². The Kier molecular flexibility index (Phi) is 3.12. The Morgan fingerprint density at radius 2 is 2.19 bits per heavy atom. The monoisotopic (exact) mass is 227 g/mol. The number of carbonyl (C=O) groups is 1. The first-order chi connectivity index (χ1) is 7.66. The average molecular weight is 227 g/mol. The average Bonchev–Trinajstić information content (AvgIpc) is 2.74. The molecule has 1 amide bonds. The number of rotatable bonds is 2. The first-order valence-electron chi connectivity index (χ1n) is 4.91. The molecule has 1 fully saturated rings. The summed E-state index contributed by atoms with van der Waals surface area (Å²) in [6, 6.07) is 3.06. The van der Waals surface area contributed by atoms with Gasteiger partial charge < -0.3 is 5.32 Å². The number of nitrogens with one attached hydrogen (secondary N) is 3. The molecule has 0 saturated carbocycles. The summed E-state index contributed by atoms with van der Waals surface area (Å²) in [6.07, 6.45) is 0.565. The number of hydrazine groups is 1. The Balaban J connectivity index is 2.05. The van der Waals surface area contributed by atoms with Crippen LogP contribution in [0.15, 0.2) is 18.2 Å². The van der Waals surface area contributed by atoms with Crippen LogP contribution in [0.25, 0.3) is 0 Å². The molecule has 4 nitrogen and oxygen atoms in total. The van der Waals surface area contributed by atoms with Gasteiger partial charge in [-0.25, -0.2) is 14.2 Å². The Morgan fingerprint density at radius 3 is 2.81 bits per heavy atom. The Hall–Kier alpha value is -1.53. The summed E-state index contributed by atoms with van der Waals surface area (Å²) in [6.45, 7) is 0.753. The Labute approximate surface area is 91.0 Å².